The molecule has 1 saturated heterocycles. The fraction of sp³-hybridized carbons (Fsp3) is 0.455. The van der Waals surface area contributed by atoms with E-state index in [4.69, 9.17) is 15.5 Å². The Morgan fingerprint density at radius 2 is 2.32 bits per heavy atom. The number of nitrogens with two attached hydrogens (primary N) is 1. The van der Waals surface area contributed by atoms with Gasteiger partial charge >= 0.3 is 5.97 Å². The van der Waals surface area contributed by atoms with Crippen LogP contribution in [-0.2, 0) is 4.74 Å². The molecule has 1 aliphatic heterocycles. The summed E-state index contributed by atoms with van der Waals surface area (Å²) in [5, 5.41) is 4.19. The number of esters is 1. The van der Waals surface area contributed by atoms with E-state index in [-0.39, 0.29) is 18.5 Å². The monoisotopic (exact) mass is 428 g/mol. The lowest BCUT2D eigenvalue weighted by Gasteiger charge is -2.28. The van der Waals surface area contributed by atoms with Crippen LogP contribution in [0.15, 0.2) is 47.6 Å². The van der Waals surface area contributed by atoms with Crippen LogP contribution >= 0.6 is 0 Å². The SMILES string of the molecule is C=C(C(CCCN)=N/C=C(\C)F)[C@H]1CCCN1c1ccn2ncc(C(=O)OCC)c2n1. The van der Waals surface area contributed by atoms with Gasteiger partial charge in [-0.2, -0.15) is 5.10 Å². The molecule has 1 aliphatic rings. The van der Waals surface area contributed by atoms with Gasteiger partial charge in [0.25, 0.3) is 0 Å². The summed E-state index contributed by atoms with van der Waals surface area (Å²) < 4.78 is 19.9. The Hall–Kier alpha value is -3.07. The van der Waals surface area contributed by atoms with Crippen LogP contribution in [0.25, 0.3) is 5.65 Å². The van der Waals surface area contributed by atoms with E-state index in [1.165, 1.54) is 19.3 Å². The summed E-state index contributed by atoms with van der Waals surface area (Å²) in [5.41, 5.74) is 8.02. The molecule has 0 radical (unpaired) electrons. The molecule has 8 nitrogen and oxygen atoms in total. The highest BCUT2D eigenvalue weighted by Gasteiger charge is 2.30. The van der Waals surface area contributed by atoms with Gasteiger partial charge < -0.3 is 15.4 Å². The van der Waals surface area contributed by atoms with Crippen LogP contribution < -0.4 is 10.6 Å². The Kier molecular flexibility index (Phi) is 7.51. The molecule has 166 valence electrons. The number of hydrogen-bond donors (Lipinski definition) is 1. The third kappa shape index (κ3) is 5.16. The zero-order valence-corrected chi connectivity index (χ0v) is 18.1. The maximum atomic E-state index is 13.3. The molecule has 3 rings (SSSR count). The van der Waals surface area contributed by atoms with E-state index in [2.05, 4.69) is 21.6 Å². The Bertz CT molecular complexity index is 1010. The number of ether oxygens (including phenoxy) is 1. The van der Waals surface area contributed by atoms with Crippen molar-refractivity contribution in [3.05, 3.63) is 48.2 Å². The third-order valence-electron chi connectivity index (χ3n) is 5.19. The Balaban J connectivity index is 1.91. The standard InChI is InChI=1S/C22H29FN6O2/c1-4-31-22(30)17-14-26-29-12-9-20(27-21(17)29)28-11-6-8-19(28)16(3)18(7-5-10-24)25-13-15(2)23/h9,12-14,19H,3-8,10-11,24H2,1-2H3/b15-13+,25-18?/t19-/m1/s1. The van der Waals surface area contributed by atoms with Crippen LogP contribution in [-0.4, -0.2) is 52.0 Å². The smallest absolute Gasteiger partial charge is 0.343 e. The van der Waals surface area contributed by atoms with E-state index < -0.39 is 5.97 Å². The third-order valence-corrected chi connectivity index (χ3v) is 5.19. The fourth-order valence-electron chi connectivity index (χ4n) is 3.71. The quantitative estimate of drug-likeness (QED) is 0.485. The number of carbonyl (C=O) groups is 1. The number of fused-ring (bicyclic) bond motifs is 1. The van der Waals surface area contributed by atoms with Crippen LogP contribution in [0.1, 0.15) is 49.9 Å². The van der Waals surface area contributed by atoms with Crippen LogP contribution in [0.3, 0.4) is 0 Å². The van der Waals surface area contributed by atoms with E-state index >= 15 is 0 Å². The Morgan fingerprint density at radius 1 is 1.52 bits per heavy atom. The maximum absolute atomic E-state index is 13.3. The van der Waals surface area contributed by atoms with Gasteiger partial charge in [0.2, 0.25) is 0 Å². The van der Waals surface area contributed by atoms with Gasteiger partial charge in [-0.25, -0.2) is 18.7 Å². The van der Waals surface area contributed by atoms with Crippen molar-refractivity contribution < 1.29 is 13.9 Å². The summed E-state index contributed by atoms with van der Waals surface area (Å²) >= 11 is 0. The molecule has 1 fully saturated rings. The van der Waals surface area contributed by atoms with Gasteiger partial charge in [-0.15, -0.1) is 0 Å². The van der Waals surface area contributed by atoms with Crippen molar-refractivity contribution in [2.24, 2.45) is 10.7 Å². The second-order valence-electron chi connectivity index (χ2n) is 7.39. The van der Waals surface area contributed by atoms with Crippen molar-refractivity contribution >= 4 is 23.1 Å². The van der Waals surface area contributed by atoms with Crippen molar-refractivity contribution in [1.29, 1.82) is 0 Å². The Labute approximate surface area is 181 Å². The molecule has 1 atom stereocenters. The molecule has 0 bridgehead atoms. The van der Waals surface area contributed by atoms with E-state index in [0.717, 1.165) is 42.9 Å². The first-order chi connectivity index (χ1) is 15.0. The van der Waals surface area contributed by atoms with E-state index in [9.17, 15) is 9.18 Å². The summed E-state index contributed by atoms with van der Waals surface area (Å²) in [6.45, 7) is 8.99. The minimum absolute atomic E-state index is 0.0197. The molecule has 0 aliphatic carbocycles. The normalized spacial score (nSPS) is 17.4. The van der Waals surface area contributed by atoms with Gasteiger partial charge in [0.05, 0.1) is 25.0 Å². The van der Waals surface area contributed by atoms with Gasteiger partial charge in [0.15, 0.2) is 5.65 Å². The fourth-order valence-corrected chi connectivity index (χ4v) is 3.71. The molecule has 31 heavy (non-hydrogen) atoms. The molecule has 0 unspecified atom stereocenters. The lowest BCUT2D eigenvalue weighted by atomic mass is 9.98. The molecule has 3 heterocycles. The van der Waals surface area contributed by atoms with Crippen LogP contribution in [0.2, 0.25) is 0 Å². The first-order valence-corrected chi connectivity index (χ1v) is 10.5. The number of nitrogens with zero attached hydrogens (tertiary/aromatic N) is 5. The minimum atomic E-state index is -0.450. The van der Waals surface area contributed by atoms with Gasteiger partial charge in [-0.05, 0) is 57.7 Å². The second kappa shape index (κ2) is 10.3. The number of aromatic nitrogens is 3. The molecule has 2 aromatic rings. The summed E-state index contributed by atoms with van der Waals surface area (Å²) in [6, 6.07) is 1.84. The number of halogens is 1. The van der Waals surface area contributed by atoms with Crippen molar-refractivity contribution in [1.82, 2.24) is 14.6 Å². The predicted molar refractivity (Wildman–Crippen MR) is 119 cm³/mol. The second-order valence-corrected chi connectivity index (χ2v) is 7.39. The average molecular weight is 429 g/mol. The summed E-state index contributed by atoms with van der Waals surface area (Å²) in [4.78, 5) is 23.4. The lowest BCUT2D eigenvalue weighted by molar-refractivity contribution is 0.0528. The predicted octanol–water partition coefficient (Wildman–Crippen LogP) is 3.44. The van der Waals surface area contributed by atoms with Gasteiger partial charge in [-0.1, -0.05) is 6.58 Å². The van der Waals surface area contributed by atoms with Gasteiger partial charge in [-0.3, -0.25) is 4.99 Å². The highest BCUT2D eigenvalue weighted by molar-refractivity contribution is 6.01. The van der Waals surface area contributed by atoms with Crippen LogP contribution in [0.4, 0.5) is 10.2 Å². The maximum Gasteiger partial charge on any atom is 0.343 e. The zero-order chi connectivity index (χ0) is 22.4. The molecule has 0 saturated carbocycles. The van der Waals surface area contributed by atoms with Crippen molar-refractivity contribution in [3.8, 4) is 0 Å². The largest absolute Gasteiger partial charge is 0.462 e. The number of hydrogen-bond acceptors (Lipinski definition) is 7. The summed E-state index contributed by atoms with van der Waals surface area (Å²) in [5.74, 6) is -0.0904. The van der Waals surface area contributed by atoms with Crippen molar-refractivity contribution in [2.75, 3.05) is 24.6 Å². The Morgan fingerprint density at radius 3 is 3.03 bits per heavy atom. The van der Waals surface area contributed by atoms with Gasteiger partial charge in [0, 0.05) is 18.5 Å². The highest BCUT2D eigenvalue weighted by Crippen LogP contribution is 2.30. The van der Waals surface area contributed by atoms with Crippen LogP contribution in [0, 0.1) is 0 Å². The van der Waals surface area contributed by atoms with E-state index in [1.807, 2.05) is 6.07 Å². The molecule has 9 heteroatoms. The topological polar surface area (TPSA) is 98.1 Å². The molecular weight excluding hydrogens is 399 g/mol. The number of rotatable bonds is 9. The molecule has 0 aromatic carbocycles. The molecule has 2 aromatic heterocycles. The molecular formula is C22H29FN6O2. The summed E-state index contributed by atoms with van der Waals surface area (Å²) in [6.07, 6.45) is 7.68. The number of anilines is 1. The van der Waals surface area contributed by atoms with Crippen LogP contribution in [0.5, 0.6) is 0 Å². The highest BCUT2D eigenvalue weighted by atomic mass is 19.1. The zero-order valence-electron chi connectivity index (χ0n) is 18.1. The first-order valence-electron chi connectivity index (χ1n) is 10.5. The lowest BCUT2D eigenvalue weighted by Crippen LogP contribution is -2.34. The van der Waals surface area contributed by atoms with Crippen molar-refractivity contribution in [2.45, 2.75) is 45.6 Å². The number of aliphatic imine (C=N–C) groups is 1. The molecule has 0 spiro atoms. The summed E-state index contributed by atoms with van der Waals surface area (Å²) in [7, 11) is 0. The molecule has 0 amide bonds. The number of carbonyl (C=O) groups excluding carboxylic acids is 1. The molecule has 2 N–H and O–H groups in total. The van der Waals surface area contributed by atoms with Gasteiger partial charge in [0.1, 0.15) is 17.2 Å². The van der Waals surface area contributed by atoms with E-state index in [0.29, 0.717) is 24.2 Å². The average Bonchev–Trinajstić information content (AvgIpc) is 3.40. The van der Waals surface area contributed by atoms with E-state index in [1.54, 1.807) is 17.6 Å². The number of allylic oxidation sites excluding steroid dienone is 1. The van der Waals surface area contributed by atoms with Crippen molar-refractivity contribution in [3.63, 3.8) is 0 Å². The minimum Gasteiger partial charge on any atom is -0.462 e. The first kappa shape index (κ1) is 22.6.